The monoisotopic (exact) mass is 321 g/mol. The Hall–Kier alpha value is -1.30. The van der Waals surface area contributed by atoms with Gasteiger partial charge in [-0.25, -0.2) is 4.79 Å². The molecule has 0 saturated heterocycles. The van der Waals surface area contributed by atoms with Crippen LogP contribution in [0, 0.1) is 11.3 Å². The van der Waals surface area contributed by atoms with E-state index in [1.165, 1.54) is 77.0 Å². The fourth-order valence-electron chi connectivity index (χ4n) is 2.83. The molecule has 0 fully saturated rings. The summed E-state index contributed by atoms with van der Waals surface area (Å²) in [4.78, 5) is 10.8. The number of nitriles is 1. The number of nitrogens with zero attached hydrogens (tertiary/aromatic N) is 1. The number of carbonyl (C=O) groups is 1. The van der Waals surface area contributed by atoms with Gasteiger partial charge in [0.15, 0.2) is 0 Å². The number of unbranched alkanes of at least 4 members (excludes halogenated alkanes) is 13. The number of hydrogen-bond donors (Lipinski definition) is 1. The summed E-state index contributed by atoms with van der Waals surface area (Å²) in [5.41, 5.74) is 0.242. The Labute approximate surface area is 142 Å². The van der Waals surface area contributed by atoms with Gasteiger partial charge in [-0.3, -0.25) is 0 Å². The molecule has 132 valence electrons. The van der Waals surface area contributed by atoms with E-state index < -0.39 is 5.97 Å². The molecular formula is C20H35NO2. The summed E-state index contributed by atoms with van der Waals surface area (Å²) in [6.45, 7) is 2.26. The van der Waals surface area contributed by atoms with Crippen LogP contribution in [0.3, 0.4) is 0 Å². The van der Waals surface area contributed by atoms with Crippen molar-refractivity contribution in [3.05, 3.63) is 11.6 Å². The Morgan fingerprint density at radius 1 is 0.826 bits per heavy atom. The third-order valence-corrected chi connectivity index (χ3v) is 4.31. The van der Waals surface area contributed by atoms with E-state index in [4.69, 9.17) is 10.4 Å². The minimum atomic E-state index is -0.957. The topological polar surface area (TPSA) is 61.1 Å². The van der Waals surface area contributed by atoms with E-state index in [-0.39, 0.29) is 5.57 Å². The number of carboxylic acid groups (broad SMARTS) is 1. The number of carboxylic acids is 1. The molecule has 0 aliphatic heterocycles. The first-order valence-electron chi connectivity index (χ1n) is 9.54. The number of aliphatic carboxylic acids is 1. The maximum Gasteiger partial charge on any atom is 0.332 e. The molecular weight excluding hydrogens is 286 g/mol. The molecule has 0 spiro atoms. The molecule has 0 unspecified atom stereocenters. The summed E-state index contributed by atoms with van der Waals surface area (Å²) in [5.74, 6) is -0.957. The van der Waals surface area contributed by atoms with Crippen LogP contribution in [0.5, 0.6) is 0 Å². The Kier molecular flexibility index (Phi) is 16.1. The van der Waals surface area contributed by atoms with Crippen molar-refractivity contribution in [1.82, 2.24) is 0 Å². The third-order valence-electron chi connectivity index (χ3n) is 4.31. The molecule has 0 rings (SSSR count). The van der Waals surface area contributed by atoms with Crippen molar-refractivity contribution >= 4 is 5.97 Å². The molecule has 3 heteroatoms. The van der Waals surface area contributed by atoms with E-state index >= 15 is 0 Å². The van der Waals surface area contributed by atoms with Crippen molar-refractivity contribution in [2.24, 2.45) is 0 Å². The quantitative estimate of drug-likeness (QED) is 0.203. The first kappa shape index (κ1) is 21.7. The molecule has 1 N–H and O–H groups in total. The number of hydrogen-bond acceptors (Lipinski definition) is 2. The Morgan fingerprint density at radius 3 is 1.57 bits per heavy atom. The van der Waals surface area contributed by atoms with Crippen LogP contribution in [0.4, 0.5) is 0 Å². The van der Waals surface area contributed by atoms with Gasteiger partial charge in [-0.2, -0.15) is 5.26 Å². The van der Waals surface area contributed by atoms with Crippen molar-refractivity contribution in [2.75, 3.05) is 0 Å². The van der Waals surface area contributed by atoms with Crippen molar-refractivity contribution in [2.45, 2.75) is 103 Å². The molecule has 0 bridgehead atoms. The smallest absolute Gasteiger partial charge is 0.332 e. The van der Waals surface area contributed by atoms with Gasteiger partial charge in [-0.05, 0) is 12.8 Å². The average Bonchev–Trinajstić information content (AvgIpc) is 2.54. The largest absolute Gasteiger partial charge is 0.478 e. The Morgan fingerprint density at radius 2 is 1.22 bits per heavy atom. The van der Waals surface area contributed by atoms with Crippen LogP contribution in [-0.2, 0) is 4.79 Å². The molecule has 0 aromatic heterocycles. The second-order valence-corrected chi connectivity index (χ2v) is 6.45. The van der Waals surface area contributed by atoms with E-state index in [1.807, 2.05) is 0 Å². The van der Waals surface area contributed by atoms with Gasteiger partial charge >= 0.3 is 5.97 Å². The molecule has 0 radical (unpaired) electrons. The summed E-state index contributed by atoms with van der Waals surface area (Å²) in [5, 5.41) is 17.4. The average molecular weight is 322 g/mol. The van der Waals surface area contributed by atoms with Crippen molar-refractivity contribution in [1.29, 1.82) is 5.26 Å². The Bertz CT molecular complexity index is 355. The lowest BCUT2D eigenvalue weighted by Gasteiger charge is -2.03. The first-order chi connectivity index (χ1) is 11.2. The highest BCUT2D eigenvalue weighted by atomic mass is 16.4. The normalized spacial score (nSPS) is 11.4. The van der Waals surface area contributed by atoms with Crippen LogP contribution in [0.2, 0.25) is 0 Å². The van der Waals surface area contributed by atoms with Gasteiger partial charge in [0, 0.05) is 11.6 Å². The first-order valence-corrected chi connectivity index (χ1v) is 9.54. The molecule has 0 saturated carbocycles. The van der Waals surface area contributed by atoms with Gasteiger partial charge < -0.3 is 5.11 Å². The van der Waals surface area contributed by atoms with Crippen LogP contribution in [0.15, 0.2) is 11.6 Å². The van der Waals surface area contributed by atoms with Crippen LogP contribution in [-0.4, -0.2) is 11.1 Å². The second-order valence-electron chi connectivity index (χ2n) is 6.45. The SMILES string of the molecule is CCCCCCCCCCCCCCCCC(=CC#N)C(=O)O. The van der Waals surface area contributed by atoms with E-state index in [0.29, 0.717) is 6.42 Å². The van der Waals surface area contributed by atoms with Crippen LogP contribution < -0.4 is 0 Å². The van der Waals surface area contributed by atoms with E-state index in [2.05, 4.69) is 6.92 Å². The van der Waals surface area contributed by atoms with Crippen LogP contribution in [0.1, 0.15) is 103 Å². The number of rotatable bonds is 16. The minimum absolute atomic E-state index is 0.242. The zero-order valence-electron chi connectivity index (χ0n) is 15.0. The lowest BCUT2D eigenvalue weighted by Crippen LogP contribution is -2.00. The molecule has 0 atom stereocenters. The van der Waals surface area contributed by atoms with Crippen molar-refractivity contribution < 1.29 is 9.90 Å². The highest BCUT2D eigenvalue weighted by molar-refractivity contribution is 5.87. The van der Waals surface area contributed by atoms with Gasteiger partial charge in [-0.1, -0.05) is 90.4 Å². The predicted molar refractivity (Wildman–Crippen MR) is 96.3 cm³/mol. The van der Waals surface area contributed by atoms with Gasteiger partial charge in [-0.15, -0.1) is 0 Å². The standard InChI is InChI=1S/C20H35NO2/c1-2-3-4-5-6-7-8-9-10-11-12-13-14-15-16-19(17-18-21)20(22)23/h17H,2-16H2,1H3,(H,22,23). The lowest BCUT2D eigenvalue weighted by atomic mass is 10.0. The zero-order chi connectivity index (χ0) is 17.2. The second kappa shape index (κ2) is 17.1. The molecule has 0 heterocycles. The van der Waals surface area contributed by atoms with E-state index in [9.17, 15) is 4.79 Å². The van der Waals surface area contributed by atoms with Gasteiger partial charge in [0.05, 0.1) is 6.07 Å². The van der Waals surface area contributed by atoms with Gasteiger partial charge in [0.2, 0.25) is 0 Å². The van der Waals surface area contributed by atoms with Gasteiger partial charge in [0.25, 0.3) is 0 Å². The minimum Gasteiger partial charge on any atom is -0.478 e. The maximum absolute atomic E-state index is 10.8. The highest BCUT2D eigenvalue weighted by Crippen LogP contribution is 2.14. The predicted octanol–water partition coefficient (Wildman–Crippen LogP) is 6.39. The number of allylic oxidation sites excluding steroid dienone is 1. The van der Waals surface area contributed by atoms with Crippen LogP contribution >= 0.6 is 0 Å². The molecule has 0 aliphatic rings. The Balaban J connectivity index is 3.26. The summed E-state index contributed by atoms with van der Waals surface area (Å²) >= 11 is 0. The third kappa shape index (κ3) is 15.4. The summed E-state index contributed by atoms with van der Waals surface area (Å²) < 4.78 is 0. The van der Waals surface area contributed by atoms with E-state index in [1.54, 1.807) is 6.07 Å². The van der Waals surface area contributed by atoms with Crippen molar-refractivity contribution in [3.8, 4) is 6.07 Å². The fourth-order valence-corrected chi connectivity index (χ4v) is 2.83. The zero-order valence-corrected chi connectivity index (χ0v) is 15.0. The van der Waals surface area contributed by atoms with Crippen molar-refractivity contribution in [3.63, 3.8) is 0 Å². The van der Waals surface area contributed by atoms with E-state index in [0.717, 1.165) is 18.9 Å². The van der Waals surface area contributed by atoms with Gasteiger partial charge in [0.1, 0.15) is 0 Å². The molecule has 23 heavy (non-hydrogen) atoms. The summed E-state index contributed by atoms with van der Waals surface area (Å²) in [6.07, 6.45) is 19.7. The maximum atomic E-state index is 10.8. The lowest BCUT2D eigenvalue weighted by molar-refractivity contribution is -0.132. The fraction of sp³-hybridized carbons (Fsp3) is 0.800. The highest BCUT2D eigenvalue weighted by Gasteiger charge is 2.05. The molecule has 0 aliphatic carbocycles. The summed E-state index contributed by atoms with van der Waals surface area (Å²) in [7, 11) is 0. The molecule has 0 amide bonds. The molecule has 0 aromatic carbocycles. The molecule has 3 nitrogen and oxygen atoms in total. The molecule has 0 aromatic rings. The summed E-state index contributed by atoms with van der Waals surface area (Å²) in [6, 6.07) is 1.81. The van der Waals surface area contributed by atoms with Crippen LogP contribution in [0.25, 0.3) is 0 Å².